The second-order valence-corrected chi connectivity index (χ2v) is 9.32. The fourth-order valence-corrected chi connectivity index (χ4v) is 4.43. The van der Waals surface area contributed by atoms with Gasteiger partial charge in [0.25, 0.3) is 0 Å². The van der Waals surface area contributed by atoms with Crippen molar-refractivity contribution in [2.45, 2.75) is 18.2 Å². The van der Waals surface area contributed by atoms with Crippen molar-refractivity contribution in [1.82, 2.24) is 10.4 Å². The Bertz CT molecular complexity index is 1470. The maximum atomic E-state index is 12.8. The molecule has 1 aliphatic heterocycles. The maximum Gasteiger partial charge on any atom is 0.246 e. The van der Waals surface area contributed by atoms with Crippen molar-refractivity contribution in [3.63, 3.8) is 0 Å². The minimum absolute atomic E-state index is 0.135. The molecule has 1 aromatic heterocycles. The summed E-state index contributed by atoms with van der Waals surface area (Å²) in [6.07, 6.45) is 1.85. The van der Waals surface area contributed by atoms with Crippen LogP contribution in [-0.4, -0.2) is 29.0 Å². The number of aromatic nitrogens is 1. The number of aromatic amines is 1. The van der Waals surface area contributed by atoms with Gasteiger partial charge < -0.3 is 15.6 Å². The molecule has 0 saturated carbocycles. The number of amides is 1. The molecule has 198 valence electrons. The number of rotatable bonds is 9. The maximum absolute atomic E-state index is 12.8. The normalized spacial score (nSPS) is 16.0. The number of nitrogens with one attached hydrogen (secondary N) is 4. The molecule has 0 aliphatic carbocycles. The van der Waals surface area contributed by atoms with Gasteiger partial charge >= 0.3 is 0 Å². The van der Waals surface area contributed by atoms with Crippen molar-refractivity contribution in [2.75, 3.05) is 17.2 Å². The van der Waals surface area contributed by atoms with Crippen LogP contribution in [0.2, 0.25) is 0 Å². The predicted octanol–water partition coefficient (Wildman–Crippen LogP) is 2.74. The molecule has 0 radical (unpaired) electrons. The summed E-state index contributed by atoms with van der Waals surface area (Å²) in [5, 5.41) is 10.8. The number of nitrogens with two attached hydrogens (primary N) is 3. The van der Waals surface area contributed by atoms with E-state index in [9.17, 15) is 4.79 Å². The third-order valence-electron chi connectivity index (χ3n) is 6.36. The summed E-state index contributed by atoms with van der Waals surface area (Å²) in [7, 11) is 0. The number of amidine groups is 1. The van der Waals surface area contributed by atoms with E-state index in [0.717, 1.165) is 29.2 Å². The molecule has 1 aliphatic rings. The largest absolute Gasteiger partial charge is 0.381 e. The highest BCUT2D eigenvalue weighted by Crippen LogP contribution is 2.27. The third kappa shape index (κ3) is 6.21. The molecule has 0 fully saturated rings. The lowest BCUT2D eigenvalue weighted by Crippen LogP contribution is -2.54. The zero-order chi connectivity index (χ0) is 27.2. The van der Waals surface area contributed by atoms with E-state index in [1.807, 2.05) is 60.8 Å². The van der Waals surface area contributed by atoms with Crippen molar-refractivity contribution in [2.24, 2.45) is 27.3 Å². The van der Waals surface area contributed by atoms with E-state index >= 15 is 0 Å². The number of aliphatic imine (C=N–C) groups is 1. The van der Waals surface area contributed by atoms with Gasteiger partial charge in [-0.2, -0.15) is 5.10 Å². The molecule has 10 nitrogen and oxygen atoms in total. The molecule has 1 amide bonds. The van der Waals surface area contributed by atoms with Crippen molar-refractivity contribution in [3.8, 4) is 0 Å². The van der Waals surface area contributed by atoms with Crippen molar-refractivity contribution < 1.29 is 4.79 Å². The molecule has 10 heteroatoms. The smallest absolute Gasteiger partial charge is 0.246 e. The van der Waals surface area contributed by atoms with E-state index in [-0.39, 0.29) is 18.4 Å². The molecule has 4 aromatic rings. The van der Waals surface area contributed by atoms with Gasteiger partial charge in [0.05, 0.1) is 17.3 Å². The van der Waals surface area contributed by atoms with Gasteiger partial charge in [0.2, 0.25) is 5.91 Å². The molecular formula is C29H31N9O. The average Bonchev–Trinajstić information content (AvgIpc) is 3.62. The molecule has 3 aromatic carbocycles. The molecule has 0 bridgehead atoms. The Hall–Kier alpha value is -4.77. The zero-order valence-corrected chi connectivity index (χ0v) is 21.3. The lowest BCUT2D eigenvalue weighted by atomic mass is 9.92. The number of anilines is 2. The van der Waals surface area contributed by atoms with Crippen molar-refractivity contribution >= 4 is 28.8 Å². The molecule has 1 unspecified atom stereocenters. The number of carbonyl (C=O) groups excluding carboxylic acids is 1. The number of hydrogen-bond acceptors (Lipinski definition) is 7. The zero-order valence-electron chi connectivity index (χ0n) is 21.3. The van der Waals surface area contributed by atoms with Crippen LogP contribution in [-0.2, 0) is 17.1 Å². The molecule has 39 heavy (non-hydrogen) atoms. The molecule has 1 atom stereocenters. The Kier molecular flexibility index (Phi) is 7.50. The van der Waals surface area contributed by atoms with Crippen LogP contribution in [0.3, 0.4) is 0 Å². The fraction of sp³-hybridized carbons (Fsp3) is 0.138. The van der Waals surface area contributed by atoms with Crippen LogP contribution >= 0.6 is 0 Å². The molecule has 0 spiro atoms. The summed E-state index contributed by atoms with van der Waals surface area (Å²) >= 11 is 0. The Labute approximate surface area is 226 Å². The number of nitrogens with zero attached hydrogens (tertiary/aromatic N) is 2. The van der Waals surface area contributed by atoms with Crippen LogP contribution in [0.5, 0.6) is 0 Å². The molecule has 5 rings (SSSR count). The molecule has 2 heterocycles. The van der Waals surface area contributed by atoms with Gasteiger partial charge in [-0.3, -0.25) is 32.4 Å². The topological polar surface area (TPSA) is 172 Å². The lowest BCUT2D eigenvalue weighted by Gasteiger charge is -2.22. The monoisotopic (exact) mass is 521 g/mol. The number of H-pyrrole nitrogens is 1. The summed E-state index contributed by atoms with van der Waals surface area (Å²) in [6, 6.07) is 29.1. The first-order chi connectivity index (χ1) is 18.9. The summed E-state index contributed by atoms with van der Waals surface area (Å²) in [5.41, 5.74) is 26.3. The second-order valence-electron chi connectivity index (χ2n) is 9.32. The minimum Gasteiger partial charge on any atom is -0.381 e. The van der Waals surface area contributed by atoms with E-state index in [0.29, 0.717) is 17.1 Å². The van der Waals surface area contributed by atoms with Gasteiger partial charge in [0.1, 0.15) is 18.2 Å². The van der Waals surface area contributed by atoms with Gasteiger partial charge in [-0.25, -0.2) is 0 Å². The Morgan fingerprint density at radius 1 is 0.923 bits per heavy atom. The first-order valence-corrected chi connectivity index (χ1v) is 12.5. The molecule has 0 saturated heterocycles. The van der Waals surface area contributed by atoms with Gasteiger partial charge in [0, 0.05) is 29.7 Å². The molecule has 10 N–H and O–H groups in total. The summed E-state index contributed by atoms with van der Waals surface area (Å²) in [4.78, 5) is 20.6. The van der Waals surface area contributed by atoms with Crippen LogP contribution in [0.4, 0.5) is 11.4 Å². The Balaban J connectivity index is 1.33. The highest BCUT2D eigenvalue weighted by molar-refractivity contribution is 6.21. The number of para-hydroxylation sites is 1. The Morgan fingerprint density at radius 2 is 1.67 bits per heavy atom. The first-order valence-electron chi connectivity index (χ1n) is 12.5. The SMILES string of the molecule is NC(N)(N)c1ccccc1NC(=O)CN=C1NN=C(c2ccc[nH]2)C1c1ccc(NCc2ccccc2)cc1. The predicted molar refractivity (Wildman–Crippen MR) is 155 cm³/mol. The van der Waals surface area contributed by atoms with E-state index in [1.54, 1.807) is 24.3 Å². The van der Waals surface area contributed by atoms with Crippen LogP contribution in [0.25, 0.3) is 0 Å². The van der Waals surface area contributed by atoms with Crippen LogP contribution in [0, 0.1) is 0 Å². The van der Waals surface area contributed by atoms with Crippen molar-refractivity contribution in [3.05, 3.63) is 120 Å². The van der Waals surface area contributed by atoms with Gasteiger partial charge in [-0.1, -0.05) is 60.7 Å². The quantitative estimate of drug-likeness (QED) is 0.167. The number of benzene rings is 3. The van der Waals surface area contributed by atoms with E-state index in [2.05, 4.69) is 43.3 Å². The second kappa shape index (κ2) is 11.3. The highest BCUT2D eigenvalue weighted by Gasteiger charge is 2.31. The van der Waals surface area contributed by atoms with E-state index < -0.39 is 5.79 Å². The summed E-state index contributed by atoms with van der Waals surface area (Å²) in [5.74, 6) is -1.64. The van der Waals surface area contributed by atoms with E-state index in [4.69, 9.17) is 17.2 Å². The van der Waals surface area contributed by atoms with Gasteiger partial charge in [-0.15, -0.1) is 0 Å². The fourth-order valence-electron chi connectivity index (χ4n) is 4.43. The van der Waals surface area contributed by atoms with Crippen LogP contribution in [0.1, 0.15) is 28.3 Å². The Morgan fingerprint density at radius 3 is 2.38 bits per heavy atom. The summed E-state index contributed by atoms with van der Waals surface area (Å²) < 4.78 is 0. The molecular weight excluding hydrogens is 490 g/mol. The van der Waals surface area contributed by atoms with E-state index in [1.165, 1.54) is 5.56 Å². The number of carbonyl (C=O) groups is 1. The minimum atomic E-state index is -1.59. The van der Waals surface area contributed by atoms with Crippen LogP contribution in [0.15, 0.2) is 107 Å². The van der Waals surface area contributed by atoms with Crippen molar-refractivity contribution in [1.29, 1.82) is 0 Å². The number of hydrogen-bond donors (Lipinski definition) is 7. The highest BCUT2D eigenvalue weighted by atomic mass is 16.1. The first kappa shape index (κ1) is 25.9. The summed E-state index contributed by atoms with van der Waals surface area (Å²) in [6.45, 7) is 0.592. The van der Waals surface area contributed by atoms with Gasteiger partial charge in [-0.05, 0) is 41.5 Å². The average molecular weight is 522 g/mol. The lowest BCUT2D eigenvalue weighted by molar-refractivity contribution is -0.114. The standard InChI is InChI=1S/C29H31N9O/c30-29(31,32)22-9-4-5-10-23(22)36-25(39)18-35-28-26(27(37-38-28)24-11-6-16-33-24)20-12-14-21(15-13-20)34-17-19-7-2-1-3-8-19/h1-16,26,33-34H,17-18,30-32H2,(H,35,38)(H,36,39). The third-order valence-corrected chi connectivity index (χ3v) is 6.36. The van der Waals surface area contributed by atoms with Crippen LogP contribution < -0.4 is 33.3 Å². The number of hydrazone groups is 1. The van der Waals surface area contributed by atoms with Gasteiger partial charge in [0.15, 0.2) is 0 Å².